The Kier molecular flexibility index (Phi) is 7.95. The van der Waals surface area contributed by atoms with E-state index in [0.717, 1.165) is 44.1 Å². The van der Waals surface area contributed by atoms with Crippen LogP contribution in [-0.2, 0) is 23.8 Å². The van der Waals surface area contributed by atoms with Gasteiger partial charge in [0.15, 0.2) is 24.3 Å². The van der Waals surface area contributed by atoms with E-state index >= 15 is 0 Å². The van der Waals surface area contributed by atoms with Crippen molar-refractivity contribution >= 4 is 17.7 Å². The molecule has 9 nitrogen and oxygen atoms in total. The van der Waals surface area contributed by atoms with Gasteiger partial charge in [0.1, 0.15) is 0 Å². The summed E-state index contributed by atoms with van der Waals surface area (Å²) < 4.78 is 19.1. The molecular formula is C33H48N2O7. The fraction of sp³-hybridized carbons (Fsp3) is 0.788. The molecule has 0 bridgehead atoms. The van der Waals surface area contributed by atoms with Crippen molar-refractivity contribution in [2.75, 3.05) is 33.8 Å². The Hall–Kier alpha value is -2.07. The van der Waals surface area contributed by atoms with Gasteiger partial charge in [-0.05, 0) is 76.6 Å². The summed E-state index contributed by atoms with van der Waals surface area (Å²) in [5, 5.41) is 14.6. The lowest BCUT2D eigenvalue weighted by atomic mass is 9.46. The number of aliphatic hydroxyl groups excluding tert-OH is 1. The van der Waals surface area contributed by atoms with Crippen LogP contribution in [0.5, 0.6) is 0 Å². The number of nitrogens with zero attached hydrogens (tertiary/aromatic N) is 1. The van der Waals surface area contributed by atoms with Crippen LogP contribution in [0, 0.1) is 34.5 Å². The SMILES string of the molecule is CN(C)CCNC(=O)OCC(=O)[C@@]12O[C@H](C3CCCCC3)O[C@@H]1C[C@H]1[C@@H]3CCC4=CC(=O)C=C[C@]4(C)[C@H]3[C@@H](O)C[C@@]12C. The molecule has 5 fully saturated rings. The number of ether oxygens (including phenoxy) is 3. The Morgan fingerprint density at radius 2 is 1.93 bits per heavy atom. The summed E-state index contributed by atoms with van der Waals surface area (Å²) in [6.45, 7) is 4.94. The van der Waals surface area contributed by atoms with Gasteiger partial charge in [0, 0.05) is 35.8 Å². The summed E-state index contributed by atoms with van der Waals surface area (Å²) in [4.78, 5) is 41.0. The highest BCUT2D eigenvalue weighted by atomic mass is 16.7. The summed E-state index contributed by atoms with van der Waals surface area (Å²) in [6, 6.07) is 0. The Labute approximate surface area is 249 Å². The standard InChI is InChI=1S/C33H48N2O7/c1-31-13-12-22(36)16-21(31)10-11-23-24-17-27-33(32(24,2)18-25(37)28(23)31,42-29(41-27)20-8-6-5-7-9-20)26(38)19-40-30(39)34-14-15-35(3)4/h12-13,16,20,23-25,27-29,37H,5-11,14-15,17-19H2,1-4H3,(H,34,39)/t23-,24-,25-,27+,28+,29+,31-,32-,33+/m0/s1. The molecule has 1 amide bonds. The maximum Gasteiger partial charge on any atom is 0.407 e. The molecule has 9 atom stereocenters. The monoisotopic (exact) mass is 584 g/mol. The highest BCUT2D eigenvalue weighted by Gasteiger charge is 2.76. The molecular weight excluding hydrogens is 536 g/mol. The second-order valence-electron chi connectivity index (χ2n) is 14.4. The van der Waals surface area contributed by atoms with Crippen LogP contribution in [0.1, 0.15) is 71.6 Å². The molecule has 0 unspecified atom stereocenters. The zero-order chi connectivity index (χ0) is 29.9. The average molecular weight is 585 g/mol. The Bertz CT molecular complexity index is 1160. The van der Waals surface area contributed by atoms with E-state index in [1.54, 1.807) is 12.2 Å². The van der Waals surface area contributed by atoms with Crippen LogP contribution < -0.4 is 5.32 Å². The first-order chi connectivity index (χ1) is 20.0. The van der Waals surface area contributed by atoms with Crippen molar-refractivity contribution in [3.8, 4) is 0 Å². The minimum Gasteiger partial charge on any atom is -0.441 e. The molecule has 42 heavy (non-hydrogen) atoms. The lowest BCUT2D eigenvalue weighted by molar-refractivity contribution is -0.209. The highest BCUT2D eigenvalue weighted by Crippen LogP contribution is 2.70. The van der Waals surface area contributed by atoms with E-state index in [4.69, 9.17) is 14.2 Å². The molecule has 4 saturated carbocycles. The number of alkyl carbamates (subject to hydrolysis) is 1. The fourth-order valence-corrected chi connectivity index (χ4v) is 9.88. The molecule has 6 rings (SSSR count). The van der Waals surface area contributed by atoms with Crippen molar-refractivity contribution in [1.29, 1.82) is 0 Å². The number of carbonyl (C=O) groups is 3. The number of likely N-dealkylation sites (N-methyl/N-ethyl adjacent to an activating group) is 1. The van der Waals surface area contributed by atoms with E-state index in [1.807, 2.05) is 25.1 Å². The first-order valence-electron chi connectivity index (χ1n) is 16.0. The Morgan fingerprint density at radius 3 is 2.67 bits per heavy atom. The highest BCUT2D eigenvalue weighted by molar-refractivity contribution is 6.01. The number of rotatable bonds is 7. The number of carbonyl (C=O) groups excluding carboxylic acids is 3. The third-order valence-electron chi connectivity index (χ3n) is 11.9. The fourth-order valence-electron chi connectivity index (χ4n) is 9.88. The number of hydrogen-bond acceptors (Lipinski definition) is 8. The minimum absolute atomic E-state index is 0.0114. The van der Waals surface area contributed by atoms with Gasteiger partial charge in [-0.15, -0.1) is 0 Å². The molecule has 2 N–H and O–H groups in total. The predicted octanol–water partition coefficient (Wildman–Crippen LogP) is 3.79. The number of aliphatic hydroxyl groups is 1. The van der Waals surface area contributed by atoms with E-state index in [0.29, 0.717) is 25.9 Å². The number of hydrogen-bond donors (Lipinski definition) is 2. The summed E-state index contributed by atoms with van der Waals surface area (Å²) >= 11 is 0. The van der Waals surface area contributed by atoms with Gasteiger partial charge < -0.3 is 29.5 Å². The van der Waals surface area contributed by atoms with Gasteiger partial charge in [0.2, 0.25) is 5.78 Å². The van der Waals surface area contributed by atoms with Gasteiger partial charge in [0.25, 0.3) is 0 Å². The molecule has 0 radical (unpaired) electrons. The van der Waals surface area contributed by atoms with Crippen LogP contribution in [0.25, 0.3) is 0 Å². The van der Waals surface area contributed by atoms with Crippen molar-refractivity contribution in [1.82, 2.24) is 10.2 Å². The third kappa shape index (κ3) is 4.70. The van der Waals surface area contributed by atoms with Gasteiger partial charge in [-0.25, -0.2) is 4.79 Å². The molecule has 1 aliphatic heterocycles. The maximum absolute atomic E-state index is 14.4. The van der Waals surface area contributed by atoms with Crippen molar-refractivity contribution in [3.63, 3.8) is 0 Å². The number of ketones is 2. The molecule has 1 heterocycles. The molecule has 0 aromatic heterocycles. The van der Waals surface area contributed by atoms with Crippen LogP contribution in [0.15, 0.2) is 23.8 Å². The van der Waals surface area contributed by atoms with Crippen LogP contribution in [0.4, 0.5) is 4.79 Å². The zero-order valence-electron chi connectivity index (χ0n) is 25.6. The zero-order valence-corrected chi connectivity index (χ0v) is 25.6. The average Bonchev–Trinajstić information content (AvgIpc) is 3.45. The smallest absolute Gasteiger partial charge is 0.407 e. The molecule has 1 saturated heterocycles. The quantitative estimate of drug-likeness (QED) is 0.465. The number of nitrogens with one attached hydrogen (secondary N) is 1. The van der Waals surface area contributed by atoms with Gasteiger partial charge in [-0.1, -0.05) is 44.8 Å². The van der Waals surface area contributed by atoms with E-state index in [1.165, 1.54) is 6.42 Å². The summed E-state index contributed by atoms with van der Waals surface area (Å²) in [6.07, 6.45) is 11.4. The molecule has 232 valence electrons. The van der Waals surface area contributed by atoms with E-state index < -0.39 is 47.6 Å². The minimum atomic E-state index is -1.29. The predicted molar refractivity (Wildman–Crippen MR) is 155 cm³/mol. The van der Waals surface area contributed by atoms with E-state index in [2.05, 4.69) is 19.2 Å². The third-order valence-corrected chi connectivity index (χ3v) is 11.9. The van der Waals surface area contributed by atoms with E-state index in [-0.39, 0.29) is 35.2 Å². The molecule has 9 heteroatoms. The van der Waals surface area contributed by atoms with Gasteiger partial charge in [-0.2, -0.15) is 0 Å². The van der Waals surface area contributed by atoms with Crippen LogP contribution in [0.3, 0.4) is 0 Å². The van der Waals surface area contributed by atoms with E-state index in [9.17, 15) is 19.5 Å². The molecule has 5 aliphatic carbocycles. The van der Waals surface area contributed by atoms with Crippen molar-refractivity contribution in [2.45, 2.75) is 95.7 Å². The van der Waals surface area contributed by atoms with Crippen molar-refractivity contribution in [3.05, 3.63) is 23.8 Å². The second-order valence-corrected chi connectivity index (χ2v) is 14.4. The first kappa shape index (κ1) is 30.0. The topological polar surface area (TPSA) is 114 Å². The Morgan fingerprint density at radius 1 is 1.17 bits per heavy atom. The van der Waals surface area contributed by atoms with Crippen LogP contribution >= 0.6 is 0 Å². The van der Waals surface area contributed by atoms with Crippen molar-refractivity contribution in [2.24, 2.45) is 34.5 Å². The first-order valence-corrected chi connectivity index (χ1v) is 16.0. The lowest BCUT2D eigenvalue weighted by Gasteiger charge is -2.59. The largest absolute Gasteiger partial charge is 0.441 e. The summed E-state index contributed by atoms with van der Waals surface area (Å²) in [5.41, 5.74) is -1.27. The maximum atomic E-state index is 14.4. The normalized spacial score (nSPS) is 42.8. The number of amides is 1. The molecule has 0 spiro atoms. The lowest BCUT2D eigenvalue weighted by Crippen LogP contribution is -2.63. The van der Waals surface area contributed by atoms with Crippen molar-refractivity contribution < 1.29 is 33.7 Å². The molecule has 6 aliphatic rings. The van der Waals surface area contributed by atoms with Gasteiger partial charge in [0.05, 0.1) is 12.2 Å². The molecule has 0 aromatic rings. The number of Topliss-reactive ketones (excluding diaryl/α,β-unsaturated/α-hetero) is 1. The van der Waals surface area contributed by atoms with Gasteiger partial charge in [-0.3, -0.25) is 9.59 Å². The number of allylic oxidation sites excluding steroid dienone is 4. The number of fused-ring (bicyclic) bond motifs is 7. The van der Waals surface area contributed by atoms with Crippen LogP contribution in [0.2, 0.25) is 0 Å². The summed E-state index contributed by atoms with van der Waals surface area (Å²) in [7, 11) is 3.84. The van der Waals surface area contributed by atoms with Gasteiger partial charge >= 0.3 is 6.09 Å². The molecule has 0 aromatic carbocycles. The Balaban J connectivity index is 1.28. The summed E-state index contributed by atoms with van der Waals surface area (Å²) in [5.74, 6) is 0.153. The second kappa shape index (κ2) is 11.1. The van der Waals surface area contributed by atoms with Crippen LogP contribution in [-0.4, -0.2) is 85.6 Å².